The fourth-order valence-electron chi connectivity index (χ4n) is 3.48. The molecule has 1 unspecified atom stereocenters. The minimum atomic E-state index is -0.248. The molecule has 2 heterocycles. The summed E-state index contributed by atoms with van der Waals surface area (Å²) in [4.78, 5) is 21.2. The number of hydrogen-bond donors (Lipinski definition) is 0. The first kappa shape index (κ1) is 18.6. The summed E-state index contributed by atoms with van der Waals surface area (Å²) < 4.78 is 15.2. The van der Waals surface area contributed by atoms with Crippen LogP contribution in [0, 0.1) is 11.7 Å². The number of carbonyl (C=O) groups excluding carboxylic acids is 1. The average Bonchev–Trinajstić information content (AvgIpc) is 3.08. The number of aromatic nitrogens is 2. The lowest BCUT2D eigenvalue weighted by Crippen LogP contribution is -2.46. The molecule has 0 aliphatic carbocycles. The third-order valence-electron chi connectivity index (χ3n) is 5.08. The first-order valence-corrected chi connectivity index (χ1v) is 9.25. The van der Waals surface area contributed by atoms with Crippen LogP contribution in [0.15, 0.2) is 43.0 Å². The zero-order chi connectivity index (χ0) is 18.5. The Bertz CT molecular complexity index is 699. The lowest BCUT2D eigenvalue weighted by molar-refractivity contribution is -0.134. The van der Waals surface area contributed by atoms with Gasteiger partial charge >= 0.3 is 0 Å². The van der Waals surface area contributed by atoms with Gasteiger partial charge in [0.1, 0.15) is 5.82 Å². The normalized spacial score (nSPS) is 19.2. The van der Waals surface area contributed by atoms with E-state index in [2.05, 4.69) is 28.3 Å². The van der Waals surface area contributed by atoms with Crippen molar-refractivity contribution in [1.82, 2.24) is 19.4 Å². The smallest absolute Gasteiger partial charge is 0.224 e. The molecule has 0 radical (unpaired) electrons. The minimum Gasteiger partial charge on any atom is -0.336 e. The minimum absolute atomic E-state index is 0.151. The van der Waals surface area contributed by atoms with Gasteiger partial charge in [-0.05, 0) is 23.6 Å². The molecule has 1 atom stereocenters. The molecule has 1 aliphatic heterocycles. The van der Waals surface area contributed by atoms with Crippen LogP contribution in [0.4, 0.5) is 4.39 Å². The first-order chi connectivity index (χ1) is 12.5. The Hall–Kier alpha value is -2.21. The van der Waals surface area contributed by atoms with Crippen molar-refractivity contribution in [2.75, 3.05) is 19.6 Å². The third-order valence-corrected chi connectivity index (χ3v) is 5.08. The molecule has 0 saturated carbocycles. The molecule has 6 heteroatoms. The summed E-state index contributed by atoms with van der Waals surface area (Å²) in [6.45, 7) is 8.27. The number of carbonyl (C=O) groups is 1. The molecule has 5 nitrogen and oxygen atoms in total. The predicted molar refractivity (Wildman–Crippen MR) is 98.9 cm³/mol. The van der Waals surface area contributed by atoms with Gasteiger partial charge in [-0.25, -0.2) is 9.37 Å². The van der Waals surface area contributed by atoms with Crippen molar-refractivity contribution in [3.8, 4) is 0 Å². The summed E-state index contributed by atoms with van der Waals surface area (Å²) in [5.41, 5.74) is 0.970. The largest absolute Gasteiger partial charge is 0.336 e. The highest BCUT2D eigenvalue weighted by Gasteiger charge is 2.31. The van der Waals surface area contributed by atoms with Crippen molar-refractivity contribution >= 4 is 5.91 Å². The van der Waals surface area contributed by atoms with Crippen molar-refractivity contribution in [2.24, 2.45) is 5.92 Å². The summed E-state index contributed by atoms with van der Waals surface area (Å²) >= 11 is 0. The molecule has 26 heavy (non-hydrogen) atoms. The van der Waals surface area contributed by atoms with Gasteiger partial charge in [0.2, 0.25) is 5.91 Å². The van der Waals surface area contributed by atoms with Gasteiger partial charge in [-0.15, -0.1) is 0 Å². The van der Waals surface area contributed by atoms with E-state index in [4.69, 9.17) is 0 Å². The Balaban J connectivity index is 1.69. The van der Waals surface area contributed by atoms with E-state index in [0.29, 0.717) is 18.9 Å². The van der Waals surface area contributed by atoms with Gasteiger partial charge in [-0.1, -0.05) is 26.0 Å². The van der Waals surface area contributed by atoms with E-state index in [0.717, 1.165) is 31.7 Å². The van der Waals surface area contributed by atoms with Crippen molar-refractivity contribution in [2.45, 2.75) is 39.4 Å². The molecule has 1 fully saturated rings. The van der Waals surface area contributed by atoms with E-state index in [1.54, 1.807) is 18.3 Å². The lowest BCUT2D eigenvalue weighted by atomic mass is 10.0. The number of amides is 1. The van der Waals surface area contributed by atoms with E-state index in [1.807, 2.05) is 17.4 Å². The Labute approximate surface area is 154 Å². The van der Waals surface area contributed by atoms with Gasteiger partial charge in [0, 0.05) is 57.6 Å². The van der Waals surface area contributed by atoms with Crippen LogP contribution < -0.4 is 0 Å². The molecule has 3 rings (SSSR count). The summed E-state index contributed by atoms with van der Waals surface area (Å²) in [7, 11) is 0. The topological polar surface area (TPSA) is 41.4 Å². The molecule has 140 valence electrons. The van der Waals surface area contributed by atoms with Gasteiger partial charge < -0.3 is 9.47 Å². The highest BCUT2D eigenvalue weighted by atomic mass is 19.1. The van der Waals surface area contributed by atoms with Crippen LogP contribution in [0.3, 0.4) is 0 Å². The fourth-order valence-corrected chi connectivity index (χ4v) is 3.48. The SMILES string of the molecule is CC(C)C1CN(CCn2ccnc2)CCC(=O)N1Cc1ccc(F)cc1. The van der Waals surface area contributed by atoms with E-state index in [1.165, 1.54) is 12.1 Å². The van der Waals surface area contributed by atoms with Crippen LogP contribution in [0.5, 0.6) is 0 Å². The van der Waals surface area contributed by atoms with Crippen LogP contribution >= 0.6 is 0 Å². The number of benzene rings is 1. The van der Waals surface area contributed by atoms with Crippen molar-refractivity contribution < 1.29 is 9.18 Å². The van der Waals surface area contributed by atoms with Crippen LogP contribution in [0.25, 0.3) is 0 Å². The summed E-state index contributed by atoms with van der Waals surface area (Å²) in [5, 5.41) is 0. The standard InChI is InChI=1S/C20H27FN4O/c1-16(2)19-14-23(11-12-24-10-8-22-15-24)9-7-20(26)25(19)13-17-3-5-18(21)6-4-17/h3-6,8,10,15-16,19H,7,9,11-14H2,1-2H3. The van der Waals surface area contributed by atoms with Gasteiger partial charge in [0.25, 0.3) is 0 Å². The zero-order valence-corrected chi connectivity index (χ0v) is 15.5. The van der Waals surface area contributed by atoms with Gasteiger partial charge in [-0.3, -0.25) is 9.69 Å². The monoisotopic (exact) mass is 358 g/mol. The number of hydrogen-bond acceptors (Lipinski definition) is 3. The molecule has 2 aromatic rings. The predicted octanol–water partition coefficient (Wildman–Crippen LogP) is 2.78. The Kier molecular flexibility index (Phi) is 6.04. The molecule has 0 spiro atoms. The molecule has 0 bridgehead atoms. The molecular weight excluding hydrogens is 331 g/mol. The van der Waals surface area contributed by atoms with Gasteiger partial charge in [-0.2, -0.15) is 0 Å². The van der Waals surface area contributed by atoms with E-state index >= 15 is 0 Å². The van der Waals surface area contributed by atoms with E-state index in [-0.39, 0.29) is 17.8 Å². The zero-order valence-electron chi connectivity index (χ0n) is 15.5. The maximum Gasteiger partial charge on any atom is 0.224 e. The van der Waals surface area contributed by atoms with Crippen LogP contribution in [-0.4, -0.2) is 50.9 Å². The maximum atomic E-state index is 13.2. The third kappa shape index (κ3) is 4.69. The molecule has 1 aromatic heterocycles. The fraction of sp³-hybridized carbons (Fsp3) is 0.500. The van der Waals surface area contributed by atoms with Crippen LogP contribution in [0.2, 0.25) is 0 Å². The average molecular weight is 358 g/mol. The molecular formula is C20H27FN4O. The number of imidazole rings is 1. The highest BCUT2D eigenvalue weighted by Crippen LogP contribution is 2.21. The number of halogens is 1. The quantitative estimate of drug-likeness (QED) is 0.797. The second-order valence-electron chi connectivity index (χ2n) is 7.31. The number of nitrogens with zero attached hydrogens (tertiary/aromatic N) is 4. The van der Waals surface area contributed by atoms with E-state index < -0.39 is 0 Å². The Morgan fingerprint density at radius 3 is 2.65 bits per heavy atom. The van der Waals surface area contributed by atoms with Crippen LogP contribution in [0.1, 0.15) is 25.8 Å². The molecule has 1 amide bonds. The first-order valence-electron chi connectivity index (χ1n) is 9.25. The van der Waals surface area contributed by atoms with E-state index in [9.17, 15) is 9.18 Å². The highest BCUT2D eigenvalue weighted by molar-refractivity contribution is 5.77. The van der Waals surface area contributed by atoms with Gasteiger partial charge in [0.15, 0.2) is 0 Å². The second-order valence-corrected chi connectivity index (χ2v) is 7.31. The molecule has 1 aliphatic rings. The van der Waals surface area contributed by atoms with Gasteiger partial charge in [0.05, 0.1) is 6.33 Å². The van der Waals surface area contributed by atoms with Crippen molar-refractivity contribution in [1.29, 1.82) is 0 Å². The second kappa shape index (κ2) is 8.45. The summed E-state index contributed by atoms with van der Waals surface area (Å²) in [6.07, 6.45) is 6.09. The Morgan fingerprint density at radius 1 is 1.23 bits per heavy atom. The molecule has 1 saturated heterocycles. The summed E-state index contributed by atoms with van der Waals surface area (Å²) in [5.74, 6) is 0.286. The molecule has 1 aromatic carbocycles. The van der Waals surface area contributed by atoms with Crippen molar-refractivity contribution in [3.05, 3.63) is 54.4 Å². The Morgan fingerprint density at radius 2 is 2.00 bits per heavy atom. The number of rotatable bonds is 6. The lowest BCUT2D eigenvalue weighted by Gasteiger charge is -2.35. The maximum absolute atomic E-state index is 13.2. The van der Waals surface area contributed by atoms with Crippen LogP contribution in [-0.2, 0) is 17.9 Å². The molecule has 0 N–H and O–H groups in total. The summed E-state index contributed by atoms with van der Waals surface area (Å²) in [6, 6.07) is 6.60. The van der Waals surface area contributed by atoms with Crippen molar-refractivity contribution in [3.63, 3.8) is 0 Å².